The van der Waals surface area contributed by atoms with E-state index in [1.165, 1.54) is 10.5 Å². The highest BCUT2D eigenvalue weighted by Gasteiger charge is 2.28. The van der Waals surface area contributed by atoms with E-state index >= 15 is 0 Å². The van der Waals surface area contributed by atoms with E-state index in [2.05, 4.69) is 24.3 Å². The highest BCUT2D eigenvalue weighted by atomic mass is 35.5. The second kappa shape index (κ2) is 5.68. The number of halogens is 1. The summed E-state index contributed by atoms with van der Waals surface area (Å²) in [5.41, 5.74) is 8.89. The number of benzene rings is 2. The molecule has 1 aliphatic heterocycles. The molecule has 4 heteroatoms. The number of nitrogens with two attached hydrogens (primary N) is 1. The molecule has 0 spiro atoms. The van der Waals surface area contributed by atoms with Gasteiger partial charge in [0.15, 0.2) is 0 Å². The van der Waals surface area contributed by atoms with Crippen LogP contribution in [0.1, 0.15) is 17.2 Å². The van der Waals surface area contributed by atoms with E-state index in [4.69, 9.17) is 22.1 Å². The van der Waals surface area contributed by atoms with Crippen molar-refractivity contribution in [1.82, 2.24) is 0 Å². The van der Waals surface area contributed by atoms with Crippen LogP contribution in [0, 0.1) is 0 Å². The maximum absolute atomic E-state index is 6.43. The molecule has 2 aromatic rings. The summed E-state index contributed by atoms with van der Waals surface area (Å²) >= 11 is 7.92. The minimum absolute atomic E-state index is 0.0291. The maximum Gasteiger partial charge on any atom is 0.137 e. The summed E-state index contributed by atoms with van der Waals surface area (Å²) in [4.78, 5) is 1.34. The van der Waals surface area contributed by atoms with E-state index in [1.54, 1.807) is 7.11 Å². The first kappa shape index (κ1) is 13.8. The highest BCUT2D eigenvalue weighted by molar-refractivity contribution is 8.00. The fourth-order valence-corrected chi connectivity index (χ4v) is 4.05. The van der Waals surface area contributed by atoms with Crippen LogP contribution in [0.15, 0.2) is 47.4 Å². The Balaban J connectivity index is 1.82. The van der Waals surface area contributed by atoms with E-state index < -0.39 is 0 Å². The average Bonchev–Trinajstić information content (AvgIpc) is 2.91. The number of methoxy groups -OCH3 is 1. The van der Waals surface area contributed by atoms with Gasteiger partial charge in [0.1, 0.15) is 5.75 Å². The van der Waals surface area contributed by atoms with Crippen LogP contribution < -0.4 is 10.5 Å². The van der Waals surface area contributed by atoms with E-state index in [-0.39, 0.29) is 6.04 Å². The van der Waals surface area contributed by atoms with Gasteiger partial charge in [-0.15, -0.1) is 11.8 Å². The molecule has 0 saturated heterocycles. The third-order valence-corrected chi connectivity index (χ3v) is 5.36. The van der Waals surface area contributed by atoms with Crippen LogP contribution in [0.2, 0.25) is 5.02 Å². The molecule has 0 amide bonds. The predicted molar refractivity (Wildman–Crippen MR) is 84.7 cm³/mol. The van der Waals surface area contributed by atoms with Gasteiger partial charge >= 0.3 is 0 Å². The monoisotopic (exact) mass is 305 g/mol. The minimum atomic E-state index is -0.0291. The van der Waals surface area contributed by atoms with Crippen LogP contribution in [-0.4, -0.2) is 12.4 Å². The lowest BCUT2D eigenvalue weighted by Gasteiger charge is -2.19. The number of rotatable bonds is 3. The number of hydrogen-bond donors (Lipinski definition) is 1. The zero-order valence-electron chi connectivity index (χ0n) is 11.2. The van der Waals surface area contributed by atoms with Crippen molar-refractivity contribution in [3.05, 3.63) is 58.6 Å². The quantitative estimate of drug-likeness (QED) is 0.928. The van der Waals surface area contributed by atoms with Crippen molar-refractivity contribution >= 4 is 23.4 Å². The van der Waals surface area contributed by atoms with Crippen molar-refractivity contribution in [2.24, 2.45) is 5.73 Å². The van der Waals surface area contributed by atoms with Crippen LogP contribution in [0.5, 0.6) is 5.75 Å². The number of thioether (sulfide) groups is 1. The standard InChI is InChI=1S/C16H16ClNOS/c1-19-13-8-11(6-7-12(13)17)16(18)15-9-10-4-2-3-5-14(10)20-15/h2-8,15-16H,9,18H2,1H3. The lowest BCUT2D eigenvalue weighted by atomic mass is 9.99. The molecule has 0 saturated carbocycles. The van der Waals surface area contributed by atoms with Gasteiger partial charge in [-0.2, -0.15) is 0 Å². The molecule has 0 bridgehead atoms. The van der Waals surface area contributed by atoms with E-state index in [9.17, 15) is 0 Å². The largest absolute Gasteiger partial charge is 0.495 e. The van der Waals surface area contributed by atoms with Crippen LogP contribution in [0.4, 0.5) is 0 Å². The van der Waals surface area contributed by atoms with Gasteiger partial charge < -0.3 is 10.5 Å². The molecule has 1 heterocycles. The number of fused-ring (bicyclic) bond motifs is 1. The predicted octanol–water partition coefficient (Wildman–Crippen LogP) is 4.07. The lowest BCUT2D eigenvalue weighted by molar-refractivity contribution is 0.414. The smallest absolute Gasteiger partial charge is 0.137 e. The average molecular weight is 306 g/mol. The van der Waals surface area contributed by atoms with Gasteiger partial charge in [0.05, 0.1) is 12.1 Å². The molecule has 2 aromatic carbocycles. The zero-order valence-corrected chi connectivity index (χ0v) is 12.7. The number of ether oxygens (including phenoxy) is 1. The Kier molecular flexibility index (Phi) is 3.92. The van der Waals surface area contributed by atoms with Gasteiger partial charge in [0, 0.05) is 16.2 Å². The topological polar surface area (TPSA) is 35.2 Å². The maximum atomic E-state index is 6.43. The van der Waals surface area contributed by atoms with Gasteiger partial charge in [-0.1, -0.05) is 35.9 Å². The van der Waals surface area contributed by atoms with Crippen molar-refractivity contribution in [3.63, 3.8) is 0 Å². The van der Waals surface area contributed by atoms with E-state index in [0.29, 0.717) is 16.0 Å². The first-order chi connectivity index (χ1) is 9.69. The van der Waals surface area contributed by atoms with Crippen LogP contribution in [0.3, 0.4) is 0 Å². The molecule has 2 unspecified atom stereocenters. The van der Waals surface area contributed by atoms with Gasteiger partial charge in [-0.25, -0.2) is 0 Å². The highest BCUT2D eigenvalue weighted by Crippen LogP contribution is 2.42. The van der Waals surface area contributed by atoms with E-state index in [0.717, 1.165) is 12.0 Å². The summed E-state index contributed by atoms with van der Waals surface area (Å²) in [5.74, 6) is 0.681. The molecule has 1 aliphatic rings. The first-order valence-corrected chi connectivity index (χ1v) is 7.78. The molecule has 0 aliphatic carbocycles. The minimum Gasteiger partial charge on any atom is -0.495 e. The Morgan fingerprint density at radius 2 is 2.10 bits per heavy atom. The van der Waals surface area contributed by atoms with Crippen molar-refractivity contribution in [2.45, 2.75) is 22.6 Å². The summed E-state index contributed by atoms with van der Waals surface area (Å²) in [6.07, 6.45) is 1.01. The Labute approximate surface area is 128 Å². The van der Waals surface area contributed by atoms with Crippen molar-refractivity contribution in [1.29, 1.82) is 0 Å². The Morgan fingerprint density at radius 1 is 1.30 bits per heavy atom. The summed E-state index contributed by atoms with van der Waals surface area (Å²) in [6, 6.07) is 14.2. The van der Waals surface area contributed by atoms with E-state index in [1.807, 2.05) is 30.0 Å². The molecule has 2 N–H and O–H groups in total. The third kappa shape index (κ3) is 2.53. The third-order valence-electron chi connectivity index (χ3n) is 3.63. The molecule has 0 fully saturated rings. The van der Waals surface area contributed by atoms with Crippen molar-refractivity contribution in [3.8, 4) is 5.75 Å². The van der Waals surface area contributed by atoms with Gasteiger partial charge in [-0.05, 0) is 35.7 Å². The van der Waals surface area contributed by atoms with Crippen LogP contribution in [0.25, 0.3) is 0 Å². The normalized spacial score (nSPS) is 18.6. The van der Waals surface area contributed by atoms with Gasteiger partial charge in [0.2, 0.25) is 0 Å². The zero-order chi connectivity index (χ0) is 14.1. The molecule has 0 aromatic heterocycles. The Bertz CT molecular complexity index is 607. The second-order valence-corrected chi connectivity index (χ2v) is 6.58. The molecule has 104 valence electrons. The summed E-state index contributed by atoms with van der Waals surface area (Å²) < 4.78 is 5.27. The fraction of sp³-hybridized carbons (Fsp3) is 0.250. The van der Waals surface area contributed by atoms with Gasteiger partial charge in [0.25, 0.3) is 0 Å². The molecular formula is C16H16ClNOS. The molecule has 20 heavy (non-hydrogen) atoms. The molecule has 2 atom stereocenters. The van der Waals surface area contributed by atoms with Crippen LogP contribution in [-0.2, 0) is 6.42 Å². The Morgan fingerprint density at radius 3 is 2.85 bits per heavy atom. The molecule has 3 rings (SSSR count). The summed E-state index contributed by atoms with van der Waals surface area (Å²) in [7, 11) is 1.62. The van der Waals surface area contributed by atoms with Crippen molar-refractivity contribution in [2.75, 3.05) is 7.11 Å². The fourth-order valence-electron chi connectivity index (χ4n) is 2.51. The molecule has 2 nitrogen and oxygen atoms in total. The second-order valence-electron chi connectivity index (χ2n) is 4.89. The lowest BCUT2D eigenvalue weighted by Crippen LogP contribution is -2.23. The SMILES string of the molecule is COc1cc(C(N)C2Cc3ccccc3S2)ccc1Cl. The number of hydrogen-bond acceptors (Lipinski definition) is 3. The molecular weight excluding hydrogens is 290 g/mol. The summed E-state index contributed by atoms with van der Waals surface area (Å²) in [5, 5.41) is 0.976. The first-order valence-electron chi connectivity index (χ1n) is 6.52. The van der Waals surface area contributed by atoms with Gasteiger partial charge in [-0.3, -0.25) is 0 Å². The summed E-state index contributed by atoms with van der Waals surface area (Å²) in [6.45, 7) is 0. The molecule has 0 radical (unpaired) electrons. The van der Waals surface area contributed by atoms with Crippen LogP contribution >= 0.6 is 23.4 Å². The Hall–Kier alpha value is -1.16. The van der Waals surface area contributed by atoms with Crippen molar-refractivity contribution < 1.29 is 4.74 Å².